The summed E-state index contributed by atoms with van der Waals surface area (Å²) in [6.45, 7) is 0.737. The summed E-state index contributed by atoms with van der Waals surface area (Å²) in [5.74, 6) is 0.177. The molecular weight excluding hydrogens is 248 g/mol. The highest BCUT2D eigenvalue weighted by Crippen LogP contribution is 2.36. The maximum absolute atomic E-state index is 12.5. The predicted octanol–water partition coefficient (Wildman–Crippen LogP) is 2.36. The highest BCUT2D eigenvalue weighted by molar-refractivity contribution is 6.32. The van der Waals surface area contributed by atoms with E-state index in [1.165, 1.54) is 0 Å². The monoisotopic (exact) mass is 264 g/mol. The molecule has 0 aromatic heterocycles. The van der Waals surface area contributed by atoms with Crippen LogP contribution in [0.1, 0.15) is 24.8 Å². The van der Waals surface area contributed by atoms with E-state index in [4.69, 9.17) is 17.3 Å². The van der Waals surface area contributed by atoms with Crippen molar-refractivity contribution in [1.82, 2.24) is 0 Å². The lowest BCUT2D eigenvalue weighted by molar-refractivity contribution is -0.122. The summed E-state index contributed by atoms with van der Waals surface area (Å²) in [5, 5.41) is 0.763. The van der Waals surface area contributed by atoms with Crippen LogP contribution in [0, 0.1) is 5.92 Å². The van der Waals surface area contributed by atoms with Gasteiger partial charge in [-0.2, -0.15) is 0 Å². The van der Waals surface area contributed by atoms with Gasteiger partial charge in [0.1, 0.15) is 0 Å². The number of benzene rings is 1. The van der Waals surface area contributed by atoms with Crippen LogP contribution in [0.15, 0.2) is 18.2 Å². The summed E-state index contributed by atoms with van der Waals surface area (Å²) in [6, 6.07) is 5.80. The number of rotatable bonds is 1. The van der Waals surface area contributed by atoms with Gasteiger partial charge in [0, 0.05) is 23.3 Å². The van der Waals surface area contributed by atoms with Crippen LogP contribution < -0.4 is 10.6 Å². The van der Waals surface area contributed by atoms with Gasteiger partial charge in [-0.15, -0.1) is 0 Å². The van der Waals surface area contributed by atoms with Gasteiger partial charge in [-0.3, -0.25) is 4.79 Å². The zero-order chi connectivity index (χ0) is 12.7. The molecule has 3 nitrogen and oxygen atoms in total. The van der Waals surface area contributed by atoms with E-state index in [0.717, 1.165) is 48.5 Å². The molecule has 1 aromatic rings. The van der Waals surface area contributed by atoms with Crippen LogP contribution >= 0.6 is 11.6 Å². The Morgan fingerprint density at radius 3 is 2.94 bits per heavy atom. The highest BCUT2D eigenvalue weighted by atomic mass is 35.5. The molecule has 1 aliphatic carbocycles. The summed E-state index contributed by atoms with van der Waals surface area (Å²) in [7, 11) is 0. The fraction of sp³-hybridized carbons (Fsp3) is 0.500. The molecule has 1 heterocycles. The molecule has 0 bridgehead atoms. The molecule has 1 aromatic carbocycles. The second-order valence-electron chi connectivity index (χ2n) is 5.18. The van der Waals surface area contributed by atoms with Gasteiger partial charge in [0.25, 0.3) is 0 Å². The van der Waals surface area contributed by atoms with E-state index < -0.39 is 0 Å². The van der Waals surface area contributed by atoms with Gasteiger partial charge in [-0.1, -0.05) is 24.1 Å². The molecular formula is C14H17ClN2O. The molecule has 1 amide bonds. The Kier molecular flexibility index (Phi) is 3.04. The van der Waals surface area contributed by atoms with Crippen LogP contribution in [-0.4, -0.2) is 18.5 Å². The third-order valence-electron chi connectivity index (χ3n) is 4.12. The van der Waals surface area contributed by atoms with E-state index in [2.05, 4.69) is 0 Å². The predicted molar refractivity (Wildman–Crippen MR) is 72.8 cm³/mol. The van der Waals surface area contributed by atoms with Crippen molar-refractivity contribution in [2.75, 3.05) is 11.4 Å². The second kappa shape index (κ2) is 4.56. The summed E-state index contributed by atoms with van der Waals surface area (Å²) in [5.41, 5.74) is 8.10. The highest BCUT2D eigenvalue weighted by Gasteiger charge is 2.36. The number of nitrogens with two attached hydrogens (primary N) is 1. The molecule has 96 valence electrons. The number of hydrogen-bond donors (Lipinski definition) is 1. The Morgan fingerprint density at radius 1 is 1.39 bits per heavy atom. The average molecular weight is 265 g/mol. The molecule has 2 N–H and O–H groups in total. The van der Waals surface area contributed by atoms with Gasteiger partial charge in [-0.25, -0.2) is 0 Å². The van der Waals surface area contributed by atoms with Gasteiger partial charge in [0.15, 0.2) is 0 Å². The number of halogens is 1. The number of nitrogens with zero attached hydrogens (tertiary/aromatic N) is 1. The third kappa shape index (κ3) is 1.82. The third-order valence-corrected chi connectivity index (χ3v) is 4.48. The Hall–Kier alpha value is -1.06. The Balaban J connectivity index is 1.88. The molecule has 18 heavy (non-hydrogen) atoms. The molecule has 0 saturated heterocycles. The lowest BCUT2D eigenvalue weighted by atomic mass is 10.0. The quantitative estimate of drug-likeness (QED) is 0.846. The zero-order valence-corrected chi connectivity index (χ0v) is 11.0. The van der Waals surface area contributed by atoms with Crippen LogP contribution in [0.3, 0.4) is 0 Å². The van der Waals surface area contributed by atoms with Gasteiger partial charge in [0.2, 0.25) is 5.91 Å². The lowest BCUT2D eigenvalue weighted by Gasteiger charge is -2.23. The minimum atomic E-state index is -0.00469. The first-order valence-electron chi connectivity index (χ1n) is 6.53. The maximum Gasteiger partial charge on any atom is 0.231 e. The number of hydrogen-bond acceptors (Lipinski definition) is 2. The number of carbonyl (C=O) groups is 1. The van der Waals surface area contributed by atoms with Gasteiger partial charge in [-0.05, 0) is 37.0 Å². The summed E-state index contributed by atoms with van der Waals surface area (Å²) >= 11 is 6.17. The molecule has 1 aliphatic heterocycles. The smallest absolute Gasteiger partial charge is 0.231 e. The van der Waals surface area contributed by atoms with Crippen molar-refractivity contribution < 1.29 is 4.79 Å². The largest absolute Gasteiger partial charge is 0.327 e. The maximum atomic E-state index is 12.5. The molecule has 1 fully saturated rings. The van der Waals surface area contributed by atoms with Crippen molar-refractivity contribution in [1.29, 1.82) is 0 Å². The zero-order valence-electron chi connectivity index (χ0n) is 10.2. The summed E-state index contributed by atoms with van der Waals surface area (Å²) in [6.07, 6.45) is 3.80. The Labute approximate surface area is 112 Å². The molecule has 2 atom stereocenters. The Bertz CT molecular complexity index is 489. The van der Waals surface area contributed by atoms with Crippen LogP contribution in [0.4, 0.5) is 5.69 Å². The van der Waals surface area contributed by atoms with E-state index in [9.17, 15) is 4.79 Å². The van der Waals surface area contributed by atoms with Crippen LogP contribution in [-0.2, 0) is 11.2 Å². The first kappa shape index (κ1) is 12.0. The normalized spacial score (nSPS) is 26.4. The number of anilines is 1. The standard InChI is InChI=1S/C14H17ClN2O/c15-11-4-2-6-13-9(11)7-8-17(13)14(18)10-3-1-5-12(10)16/h2,4,6,10,12H,1,3,5,7-8,16H2/t10-,12-/m1/s1. The van der Waals surface area contributed by atoms with E-state index >= 15 is 0 Å². The SMILES string of the molecule is N[C@@H]1CCC[C@H]1C(=O)N1CCc2c(Cl)cccc21. The molecule has 3 rings (SSSR count). The molecule has 2 aliphatic rings. The molecule has 4 heteroatoms. The molecule has 1 saturated carbocycles. The molecule has 0 radical (unpaired) electrons. The fourth-order valence-corrected chi connectivity index (χ4v) is 3.38. The van der Waals surface area contributed by atoms with Crippen LogP contribution in [0.2, 0.25) is 5.02 Å². The van der Waals surface area contributed by atoms with Crippen molar-refractivity contribution in [2.24, 2.45) is 11.7 Å². The van der Waals surface area contributed by atoms with Crippen LogP contribution in [0.5, 0.6) is 0 Å². The minimum absolute atomic E-state index is 0.00469. The van der Waals surface area contributed by atoms with E-state index in [1.54, 1.807) is 0 Å². The van der Waals surface area contributed by atoms with Gasteiger partial charge in [0.05, 0.1) is 5.92 Å². The minimum Gasteiger partial charge on any atom is -0.327 e. The van der Waals surface area contributed by atoms with Crippen LogP contribution in [0.25, 0.3) is 0 Å². The second-order valence-corrected chi connectivity index (χ2v) is 5.59. The Morgan fingerprint density at radius 2 is 2.22 bits per heavy atom. The van der Waals surface area contributed by atoms with Gasteiger partial charge < -0.3 is 10.6 Å². The van der Waals surface area contributed by atoms with E-state index in [-0.39, 0.29) is 17.9 Å². The number of fused-ring (bicyclic) bond motifs is 1. The van der Waals surface area contributed by atoms with Crippen molar-refractivity contribution in [3.8, 4) is 0 Å². The van der Waals surface area contributed by atoms with Crippen molar-refractivity contribution in [2.45, 2.75) is 31.7 Å². The number of carbonyl (C=O) groups excluding carboxylic acids is 1. The van der Waals surface area contributed by atoms with E-state index in [0.29, 0.717) is 0 Å². The summed E-state index contributed by atoms with van der Waals surface area (Å²) in [4.78, 5) is 14.4. The molecule has 0 spiro atoms. The van der Waals surface area contributed by atoms with Crippen molar-refractivity contribution >= 4 is 23.2 Å². The topological polar surface area (TPSA) is 46.3 Å². The lowest BCUT2D eigenvalue weighted by Crippen LogP contribution is -2.41. The fourth-order valence-electron chi connectivity index (χ4n) is 3.12. The number of amides is 1. The van der Waals surface area contributed by atoms with Gasteiger partial charge >= 0.3 is 0 Å². The molecule has 0 unspecified atom stereocenters. The first-order valence-corrected chi connectivity index (χ1v) is 6.90. The summed E-state index contributed by atoms with van der Waals surface area (Å²) < 4.78 is 0. The van der Waals surface area contributed by atoms with Crippen molar-refractivity contribution in [3.05, 3.63) is 28.8 Å². The van der Waals surface area contributed by atoms with E-state index in [1.807, 2.05) is 23.1 Å². The average Bonchev–Trinajstić information content (AvgIpc) is 2.95. The van der Waals surface area contributed by atoms with Crippen molar-refractivity contribution in [3.63, 3.8) is 0 Å². The first-order chi connectivity index (χ1) is 8.68.